The quantitative estimate of drug-likeness (QED) is 0.736. The van der Waals surface area contributed by atoms with Crippen LogP contribution in [0, 0.1) is 13.8 Å². The Bertz CT molecular complexity index is 826. The topological polar surface area (TPSA) is 70.2 Å². The first-order valence-corrected chi connectivity index (χ1v) is 10.3. The van der Waals surface area contributed by atoms with Crippen LogP contribution < -0.4 is 15.5 Å². The molecule has 150 valence electrons. The second-order valence-corrected chi connectivity index (χ2v) is 7.47. The summed E-state index contributed by atoms with van der Waals surface area (Å²) in [7, 11) is 0. The molecule has 0 unspecified atom stereocenters. The molecule has 0 bridgehead atoms. The van der Waals surface area contributed by atoms with Gasteiger partial charge in [-0.1, -0.05) is 12.8 Å². The van der Waals surface area contributed by atoms with Gasteiger partial charge >= 0.3 is 0 Å². The summed E-state index contributed by atoms with van der Waals surface area (Å²) in [6.07, 6.45) is 4.74. The molecule has 0 aliphatic heterocycles. The number of hydrogen-bond acceptors (Lipinski definition) is 5. The summed E-state index contributed by atoms with van der Waals surface area (Å²) in [5.41, 5.74) is 4.19. The van der Waals surface area contributed by atoms with E-state index in [1.165, 1.54) is 18.5 Å². The van der Waals surface area contributed by atoms with E-state index in [0.717, 1.165) is 42.9 Å². The van der Waals surface area contributed by atoms with Gasteiger partial charge in [0.05, 0.1) is 0 Å². The van der Waals surface area contributed by atoms with Crippen molar-refractivity contribution in [2.24, 2.45) is 0 Å². The zero-order valence-electron chi connectivity index (χ0n) is 17.4. The van der Waals surface area contributed by atoms with E-state index in [4.69, 9.17) is 0 Å². The molecule has 6 heteroatoms. The fourth-order valence-electron chi connectivity index (χ4n) is 3.76. The van der Waals surface area contributed by atoms with E-state index < -0.39 is 0 Å². The van der Waals surface area contributed by atoms with Crippen LogP contribution in [-0.2, 0) is 0 Å². The zero-order valence-corrected chi connectivity index (χ0v) is 17.4. The molecule has 1 heterocycles. The summed E-state index contributed by atoms with van der Waals surface area (Å²) in [6.45, 7) is 10.1. The van der Waals surface area contributed by atoms with Gasteiger partial charge in [-0.05, 0) is 70.4 Å². The van der Waals surface area contributed by atoms with Crippen LogP contribution in [0.5, 0.6) is 0 Å². The maximum Gasteiger partial charge on any atom is 0.274 e. The predicted molar refractivity (Wildman–Crippen MR) is 115 cm³/mol. The zero-order chi connectivity index (χ0) is 20.1. The minimum absolute atomic E-state index is 0.210. The van der Waals surface area contributed by atoms with Gasteiger partial charge in [0.2, 0.25) is 5.95 Å². The van der Waals surface area contributed by atoms with Gasteiger partial charge in [-0.15, -0.1) is 0 Å². The van der Waals surface area contributed by atoms with Gasteiger partial charge in [-0.2, -0.15) is 0 Å². The molecule has 1 fully saturated rings. The van der Waals surface area contributed by atoms with Crippen LogP contribution in [0.2, 0.25) is 0 Å². The standard InChI is InChI=1S/C22H31N5O/c1-5-27(6-2)18-11-12-19(15(3)13-18)25-21(28)20-14-16(4)23-22(26-20)24-17-9-7-8-10-17/h11-14,17H,5-10H2,1-4H3,(H,25,28)(H,23,24,26). The normalized spacial score (nSPS) is 14.1. The minimum Gasteiger partial charge on any atom is -0.372 e. The highest BCUT2D eigenvalue weighted by molar-refractivity contribution is 6.03. The summed E-state index contributed by atoms with van der Waals surface area (Å²) < 4.78 is 0. The number of nitrogens with one attached hydrogen (secondary N) is 2. The van der Waals surface area contributed by atoms with Crippen molar-refractivity contribution < 1.29 is 4.79 Å². The van der Waals surface area contributed by atoms with Gasteiger partial charge in [0.15, 0.2) is 0 Å². The number of amides is 1. The molecule has 28 heavy (non-hydrogen) atoms. The maximum absolute atomic E-state index is 12.8. The Labute approximate surface area is 167 Å². The number of carbonyl (C=O) groups excluding carboxylic acids is 1. The van der Waals surface area contributed by atoms with E-state index in [0.29, 0.717) is 17.7 Å². The van der Waals surface area contributed by atoms with Gasteiger partial charge in [0.1, 0.15) is 5.69 Å². The Morgan fingerprint density at radius 2 is 1.82 bits per heavy atom. The summed E-state index contributed by atoms with van der Waals surface area (Å²) in [6, 6.07) is 8.27. The Kier molecular flexibility index (Phi) is 6.49. The first kappa shape index (κ1) is 20.1. The molecular formula is C22H31N5O. The lowest BCUT2D eigenvalue weighted by atomic mass is 10.1. The number of anilines is 3. The van der Waals surface area contributed by atoms with E-state index in [2.05, 4.69) is 45.4 Å². The molecular weight excluding hydrogens is 350 g/mol. The Morgan fingerprint density at radius 1 is 1.11 bits per heavy atom. The number of carbonyl (C=O) groups is 1. The highest BCUT2D eigenvalue weighted by Crippen LogP contribution is 2.24. The summed E-state index contributed by atoms with van der Waals surface area (Å²) in [4.78, 5) is 24.0. The van der Waals surface area contributed by atoms with Crippen LogP contribution in [0.25, 0.3) is 0 Å². The second-order valence-electron chi connectivity index (χ2n) is 7.47. The van der Waals surface area contributed by atoms with Crippen LogP contribution >= 0.6 is 0 Å². The number of aromatic nitrogens is 2. The molecule has 2 N–H and O–H groups in total. The summed E-state index contributed by atoms with van der Waals surface area (Å²) in [5, 5.41) is 6.38. The molecule has 1 aliphatic rings. The lowest BCUT2D eigenvalue weighted by Crippen LogP contribution is -2.22. The van der Waals surface area contributed by atoms with Crippen LogP contribution in [0.3, 0.4) is 0 Å². The molecule has 6 nitrogen and oxygen atoms in total. The molecule has 0 radical (unpaired) electrons. The third-order valence-corrected chi connectivity index (χ3v) is 5.36. The molecule has 1 amide bonds. The lowest BCUT2D eigenvalue weighted by Gasteiger charge is -2.22. The SMILES string of the molecule is CCN(CC)c1ccc(NC(=O)c2cc(C)nc(NC3CCCC3)n2)c(C)c1. The number of benzene rings is 1. The molecule has 3 rings (SSSR count). The third kappa shape index (κ3) is 4.80. The largest absolute Gasteiger partial charge is 0.372 e. The average Bonchev–Trinajstić information content (AvgIpc) is 3.17. The summed E-state index contributed by atoms with van der Waals surface area (Å²) in [5.74, 6) is 0.337. The van der Waals surface area contributed by atoms with Gasteiger partial charge in [-0.25, -0.2) is 9.97 Å². The Morgan fingerprint density at radius 3 is 2.46 bits per heavy atom. The highest BCUT2D eigenvalue weighted by Gasteiger charge is 2.18. The van der Waals surface area contributed by atoms with Crippen LogP contribution in [0.4, 0.5) is 17.3 Å². The average molecular weight is 382 g/mol. The van der Waals surface area contributed by atoms with Crippen molar-refractivity contribution in [3.63, 3.8) is 0 Å². The molecule has 0 spiro atoms. The van der Waals surface area contributed by atoms with Crippen LogP contribution in [0.1, 0.15) is 61.3 Å². The minimum atomic E-state index is -0.210. The van der Waals surface area contributed by atoms with E-state index in [9.17, 15) is 4.79 Å². The fraction of sp³-hybridized carbons (Fsp3) is 0.500. The fourth-order valence-corrected chi connectivity index (χ4v) is 3.76. The number of nitrogens with zero attached hydrogens (tertiary/aromatic N) is 3. The van der Waals surface area contributed by atoms with Crippen molar-refractivity contribution in [2.75, 3.05) is 28.6 Å². The number of hydrogen-bond donors (Lipinski definition) is 2. The van der Waals surface area contributed by atoms with E-state index in [-0.39, 0.29) is 5.91 Å². The predicted octanol–water partition coefficient (Wildman–Crippen LogP) is 4.55. The molecule has 0 saturated heterocycles. The van der Waals surface area contributed by atoms with Crippen molar-refractivity contribution in [2.45, 2.75) is 59.4 Å². The molecule has 1 aromatic heterocycles. The van der Waals surface area contributed by atoms with Crippen LogP contribution in [-0.4, -0.2) is 35.0 Å². The Hall–Kier alpha value is -2.63. The molecule has 0 atom stereocenters. The van der Waals surface area contributed by atoms with E-state index >= 15 is 0 Å². The van der Waals surface area contributed by atoms with Crippen molar-refractivity contribution in [1.29, 1.82) is 0 Å². The number of aryl methyl sites for hydroxylation is 2. The van der Waals surface area contributed by atoms with Crippen molar-refractivity contribution >= 4 is 23.2 Å². The van der Waals surface area contributed by atoms with E-state index in [1.54, 1.807) is 6.07 Å². The molecule has 1 aromatic carbocycles. The molecule has 2 aromatic rings. The number of rotatable bonds is 7. The van der Waals surface area contributed by atoms with Gasteiger partial charge in [0, 0.05) is 36.2 Å². The molecule has 1 aliphatic carbocycles. The first-order chi connectivity index (χ1) is 13.5. The van der Waals surface area contributed by atoms with Crippen molar-refractivity contribution in [3.05, 3.63) is 41.2 Å². The van der Waals surface area contributed by atoms with Crippen LogP contribution in [0.15, 0.2) is 24.3 Å². The first-order valence-electron chi connectivity index (χ1n) is 10.3. The van der Waals surface area contributed by atoms with Crippen molar-refractivity contribution in [1.82, 2.24) is 9.97 Å². The van der Waals surface area contributed by atoms with Gasteiger partial charge < -0.3 is 15.5 Å². The lowest BCUT2D eigenvalue weighted by molar-refractivity contribution is 0.102. The highest BCUT2D eigenvalue weighted by atomic mass is 16.1. The van der Waals surface area contributed by atoms with Gasteiger partial charge in [0.25, 0.3) is 5.91 Å². The third-order valence-electron chi connectivity index (χ3n) is 5.36. The van der Waals surface area contributed by atoms with Crippen molar-refractivity contribution in [3.8, 4) is 0 Å². The molecule has 1 saturated carbocycles. The Balaban J connectivity index is 1.74. The van der Waals surface area contributed by atoms with E-state index in [1.807, 2.05) is 26.0 Å². The monoisotopic (exact) mass is 381 g/mol. The smallest absolute Gasteiger partial charge is 0.274 e. The second kappa shape index (κ2) is 9.04. The summed E-state index contributed by atoms with van der Waals surface area (Å²) >= 11 is 0. The maximum atomic E-state index is 12.8. The van der Waals surface area contributed by atoms with Gasteiger partial charge in [-0.3, -0.25) is 4.79 Å².